The molecule has 5 heteroatoms. The van der Waals surface area contributed by atoms with Crippen LogP contribution >= 0.6 is 11.6 Å². The van der Waals surface area contributed by atoms with Gasteiger partial charge in [-0.25, -0.2) is 4.39 Å². The molecular weight excluding hydrogens is 291 g/mol. The normalized spacial score (nSPS) is 26.1. The van der Waals surface area contributed by atoms with Crippen LogP contribution in [-0.4, -0.2) is 36.5 Å². The van der Waals surface area contributed by atoms with Crippen LogP contribution in [0.1, 0.15) is 36.0 Å². The molecule has 0 saturated carbocycles. The number of rotatable bonds is 1. The van der Waals surface area contributed by atoms with E-state index in [-0.39, 0.29) is 10.9 Å². The maximum atomic E-state index is 13.3. The quantitative estimate of drug-likeness (QED) is 0.864. The lowest BCUT2D eigenvalue weighted by atomic mass is 9.89. The van der Waals surface area contributed by atoms with Crippen LogP contribution in [-0.2, 0) is 0 Å². The number of nitrogens with one attached hydrogen (secondary N) is 1. The summed E-state index contributed by atoms with van der Waals surface area (Å²) in [4.78, 5) is 14.8. The fourth-order valence-electron chi connectivity index (χ4n) is 3.52. The van der Waals surface area contributed by atoms with Gasteiger partial charge in [-0.1, -0.05) is 18.0 Å². The van der Waals surface area contributed by atoms with Crippen molar-refractivity contribution in [1.29, 1.82) is 0 Å². The Morgan fingerprint density at radius 2 is 2.19 bits per heavy atom. The van der Waals surface area contributed by atoms with E-state index in [0.29, 0.717) is 17.5 Å². The molecule has 114 valence electrons. The lowest BCUT2D eigenvalue weighted by Gasteiger charge is -2.38. The standard InChI is InChI=1S/C16H20ClFN2O/c17-13-9-11(4-5-14(13)18)16(21)20-8-2-1-3-12-10-19-7-6-15(12)20/h4-5,9,12,15,19H,1-3,6-8,10H2/t12-,15+/m0/s1. The van der Waals surface area contributed by atoms with Crippen molar-refractivity contribution in [1.82, 2.24) is 10.2 Å². The van der Waals surface area contributed by atoms with E-state index in [4.69, 9.17) is 11.6 Å². The van der Waals surface area contributed by atoms with Gasteiger partial charge in [0, 0.05) is 18.2 Å². The summed E-state index contributed by atoms with van der Waals surface area (Å²) in [6.07, 6.45) is 4.36. The van der Waals surface area contributed by atoms with E-state index in [9.17, 15) is 9.18 Å². The van der Waals surface area contributed by atoms with E-state index in [0.717, 1.165) is 38.9 Å². The third-order valence-corrected chi connectivity index (χ3v) is 4.91. The molecule has 2 fully saturated rings. The SMILES string of the molecule is O=C(c1ccc(F)c(Cl)c1)N1CCCC[C@H]2CNCC[C@H]21. The third-order valence-electron chi connectivity index (χ3n) is 4.62. The van der Waals surface area contributed by atoms with Gasteiger partial charge in [-0.3, -0.25) is 4.79 Å². The molecule has 2 heterocycles. The van der Waals surface area contributed by atoms with Gasteiger partial charge in [0.1, 0.15) is 5.82 Å². The van der Waals surface area contributed by atoms with Crippen molar-refractivity contribution in [3.05, 3.63) is 34.6 Å². The highest BCUT2D eigenvalue weighted by Gasteiger charge is 2.34. The van der Waals surface area contributed by atoms with Crippen molar-refractivity contribution >= 4 is 17.5 Å². The van der Waals surface area contributed by atoms with Gasteiger partial charge in [0.2, 0.25) is 0 Å². The molecule has 1 N–H and O–H groups in total. The van der Waals surface area contributed by atoms with Crippen molar-refractivity contribution in [2.75, 3.05) is 19.6 Å². The summed E-state index contributed by atoms with van der Waals surface area (Å²) in [5, 5.41) is 3.43. The number of nitrogens with zero attached hydrogens (tertiary/aromatic N) is 1. The van der Waals surface area contributed by atoms with Crippen LogP contribution in [0.3, 0.4) is 0 Å². The number of carbonyl (C=O) groups excluding carboxylic acids is 1. The molecule has 0 radical (unpaired) electrons. The first-order valence-electron chi connectivity index (χ1n) is 7.63. The average molecular weight is 311 g/mol. The van der Waals surface area contributed by atoms with Gasteiger partial charge in [0.15, 0.2) is 0 Å². The largest absolute Gasteiger partial charge is 0.335 e. The van der Waals surface area contributed by atoms with Gasteiger partial charge in [-0.05, 0) is 56.5 Å². The first-order chi connectivity index (χ1) is 10.2. The zero-order chi connectivity index (χ0) is 14.8. The molecule has 0 bridgehead atoms. The van der Waals surface area contributed by atoms with E-state index in [1.165, 1.54) is 24.6 Å². The molecule has 2 aliphatic heterocycles. The third kappa shape index (κ3) is 3.06. The topological polar surface area (TPSA) is 32.3 Å². The Balaban J connectivity index is 1.85. The van der Waals surface area contributed by atoms with Crippen molar-refractivity contribution in [3.63, 3.8) is 0 Å². The lowest BCUT2D eigenvalue weighted by Crippen LogP contribution is -2.51. The molecule has 2 aliphatic rings. The Labute approximate surface area is 129 Å². The van der Waals surface area contributed by atoms with Crippen LogP contribution in [0, 0.1) is 11.7 Å². The number of benzene rings is 1. The molecule has 0 unspecified atom stereocenters. The summed E-state index contributed by atoms with van der Waals surface area (Å²) < 4.78 is 13.3. The number of likely N-dealkylation sites (tertiary alicyclic amines) is 1. The number of amides is 1. The minimum absolute atomic E-state index is 0.0116. The Kier molecular flexibility index (Phi) is 4.45. The van der Waals surface area contributed by atoms with E-state index in [1.807, 2.05) is 4.90 Å². The second-order valence-electron chi connectivity index (χ2n) is 5.94. The molecule has 1 aromatic rings. The van der Waals surface area contributed by atoms with E-state index >= 15 is 0 Å². The molecule has 2 atom stereocenters. The van der Waals surface area contributed by atoms with Gasteiger partial charge >= 0.3 is 0 Å². The molecule has 3 nitrogen and oxygen atoms in total. The minimum atomic E-state index is -0.483. The summed E-state index contributed by atoms with van der Waals surface area (Å²) >= 11 is 5.81. The van der Waals surface area contributed by atoms with Gasteiger partial charge in [0.25, 0.3) is 5.91 Å². The van der Waals surface area contributed by atoms with Crippen molar-refractivity contribution < 1.29 is 9.18 Å². The summed E-state index contributed by atoms with van der Waals surface area (Å²) in [5.41, 5.74) is 0.487. The van der Waals surface area contributed by atoms with Crippen LogP contribution in [0.2, 0.25) is 5.02 Å². The molecule has 1 aromatic carbocycles. The summed E-state index contributed by atoms with van der Waals surface area (Å²) in [5.74, 6) is 0.0284. The average Bonchev–Trinajstić information content (AvgIpc) is 2.71. The van der Waals surface area contributed by atoms with E-state index < -0.39 is 5.82 Å². The molecule has 2 saturated heterocycles. The van der Waals surface area contributed by atoms with Gasteiger partial charge in [-0.2, -0.15) is 0 Å². The van der Waals surface area contributed by atoms with Crippen molar-refractivity contribution in [2.45, 2.75) is 31.7 Å². The molecular formula is C16H20ClFN2O. The molecule has 0 aliphatic carbocycles. The van der Waals surface area contributed by atoms with Crippen LogP contribution < -0.4 is 5.32 Å². The number of hydrogen-bond acceptors (Lipinski definition) is 2. The van der Waals surface area contributed by atoms with Crippen LogP contribution in [0.5, 0.6) is 0 Å². The number of carbonyl (C=O) groups is 1. The zero-order valence-electron chi connectivity index (χ0n) is 11.9. The number of hydrogen-bond donors (Lipinski definition) is 1. The van der Waals surface area contributed by atoms with Crippen molar-refractivity contribution in [2.24, 2.45) is 5.92 Å². The summed E-state index contributed by atoms with van der Waals surface area (Å²) in [6, 6.07) is 4.54. The smallest absolute Gasteiger partial charge is 0.254 e. The molecule has 0 spiro atoms. The molecule has 1 amide bonds. The van der Waals surface area contributed by atoms with Crippen LogP contribution in [0.15, 0.2) is 18.2 Å². The molecule has 21 heavy (non-hydrogen) atoms. The van der Waals surface area contributed by atoms with Gasteiger partial charge < -0.3 is 10.2 Å². The zero-order valence-corrected chi connectivity index (χ0v) is 12.7. The highest BCUT2D eigenvalue weighted by Crippen LogP contribution is 2.29. The highest BCUT2D eigenvalue weighted by atomic mass is 35.5. The Bertz CT molecular complexity index is 537. The Hall–Kier alpha value is -1.13. The van der Waals surface area contributed by atoms with Crippen LogP contribution in [0.4, 0.5) is 4.39 Å². The predicted molar refractivity (Wildman–Crippen MR) is 81.1 cm³/mol. The monoisotopic (exact) mass is 310 g/mol. The number of halogens is 2. The second-order valence-corrected chi connectivity index (χ2v) is 6.35. The Morgan fingerprint density at radius 3 is 3.00 bits per heavy atom. The van der Waals surface area contributed by atoms with Crippen LogP contribution in [0.25, 0.3) is 0 Å². The Morgan fingerprint density at radius 1 is 1.33 bits per heavy atom. The van der Waals surface area contributed by atoms with E-state index in [1.54, 1.807) is 0 Å². The number of fused-ring (bicyclic) bond motifs is 1. The first kappa shape index (κ1) is 14.8. The minimum Gasteiger partial charge on any atom is -0.335 e. The molecule has 0 aromatic heterocycles. The first-order valence-corrected chi connectivity index (χ1v) is 8.01. The maximum Gasteiger partial charge on any atom is 0.254 e. The van der Waals surface area contributed by atoms with Crippen molar-refractivity contribution in [3.8, 4) is 0 Å². The predicted octanol–water partition coefficient (Wildman–Crippen LogP) is 3.08. The summed E-state index contributed by atoms with van der Waals surface area (Å²) in [6.45, 7) is 2.72. The number of piperidine rings is 1. The lowest BCUT2D eigenvalue weighted by molar-refractivity contribution is 0.0586. The molecule has 3 rings (SSSR count). The van der Waals surface area contributed by atoms with Gasteiger partial charge in [-0.15, -0.1) is 0 Å². The highest BCUT2D eigenvalue weighted by molar-refractivity contribution is 6.31. The van der Waals surface area contributed by atoms with E-state index in [2.05, 4.69) is 5.32 Å². The van der Waals surface area contributed by atoms with Gasteiger partial charge in [0.05, 0.1) is 5.02 Å². The second kappa shape index (κ2) is 6.32. The summed E-state index contributed by atoms with van der Waals surface area (Å²) in [7, 11) is 0. The fourth-order valence-corrected chi connectivity index (χ4v) is 3.70. The maximum absolute atomic E-state index is 13.3. The fraction of sp³-hybridized carbons (Fsp3) is 0.562.